The summed E-state index contributed by atoms with van der Waals surface area (Å²) in [5.74, 6) is 0.915. The molecule has 1 aromatic heterocycles. The molecule has 0 aliphatic carbocycles. The molecule has 1 N–H and O–H groups in total. The predicted molar refractivity (Wildman–Crippen MR) is 69.4 cm³/mol. The minimum atomic E-state index is 0.0257. The number of aromatic nitrogens is 1. The number of oxazole rings is 1. The molecule has 19 heavy (non-hydrogen) atoms. The maximum Gasteiger partial charge on any atom is 0.220 e. The Morgan fingerprint density at radius 1 is 1.42 bits per heavy atom. The lowest BCUT2D eigenvalue weighted by atomic mass is 10.1. The van der Waals surface area contributed by atoms with Gasteiger partial charge in [-0.25, -0.2) is 4.98 Å². The number of para-hydroxylation sites is 2. The van der Waals surface area contributed by atoms with E-state index < -0.39 is 0 Å². The van der Waals surface area contributed by atoms with Crippen molar-refractivity contribution in [2.24, 2.45) is 5.92 Å². The van der Waals surface area contributed by atoms with E-state index >= 15 is 0 Å². The smallest absolute Gasteiger partial charge is 0.220 e. The highest BCUT2D eigenvalue weighted by Gasteiger charge is 2.19. The zero-order valence-electron chi connectivity index (χ0n) is 10.6. The lowest BCUT2D eigenvalue weighted by Gasteiger charge is -2.06. The Bertz CT molecular complexity index is 540. The first-order valence-electron chi connectivity index (χ1n) is 6.50. The summed E-state index contributed by atoms with van der Waals surface area (Å²) in [6.45, 7) is 1.79. The van der Waals surface area contributed by atoms with Gasteiger partial charge in [0.15, 0.2) is 5.58 Å². The van der Waals surface area contributed by atoms with E-state index in [9.17, 15) is 4.79 Å². The number of fused-ring (bicyclic) bond motifs is 1. The van der Waals surface area contributed by atoms with Gasteiger partial charge in [0.1, 0.15) is 5.52 Å². The molecule has 2 aromatic rings. The molecule has 0 spiro atoms. The zero-order chi connectivity index (χ0) is 13.1. The molecule has 100 valence electrons. The third kappa shape index (κ3) is 2.93. The number of carbonyl (C=O) groups excluding carboxylic acids is 1. The van der Waals surface area contributed by atoms with Crippen molar-refractivity contribution >= 4 is 17.0 Å². The predicted octanol–water partition coefficient (Wildman–Crippen LogP) is 1.87. The van der Waals surface area contributed by atoms with E-state index in [1.807, 2.05) is 24.3 Å². The second-order valence-corrected chi connectivity index (χ2v) is 4.79. The van der Waals surface area contributed by atoms with Crippen LogP contribution in [0.3, 0.4) is 0 Å². The van der Waals surface area contributed by atoms with E-state index in [1.54, 1.807) is 0 Å². The van der Waals surface area contributed by atoms with Crippen LogP contribution in [0, 0.1) is 5.92 Å². The fourth-order valence-electron chi connectivity index (χ4n) is 2.25. The van der Waals surface area contributed by atoms with Crippen molar-refractivity contribution in [3.8, 4) is 0 Å². The standard InChI is InChI=1S/C14H16N2O3/c17-13(7-10-5-6-18-9-10)15-8-14-16-11-3-1-2-4-12(11)19-14/h1-4,10H,5-9H2,(H,15,17). The van der Waals surface area contributed by atoms with Crippen LogP contribution in [-0.4, -0.2) is 24.1 Å². The number of benzene rings is 1. The Balaban J connectivity index is 1.54. The zero-order valence-corrected chi connectivity index (χ0v) is 10.6. The van der Waals surface area contributed by atoms with E-state index in [1.165, 1.54) is 0 Å². The van der Waals surface area contributed by atoms with Crippen molar-refractivity contribution < 1.29 is 13.9 Å². The monoisotopic (exact) mass is 260 g/mol. The molecule has 1 unspecified atom stereocenters. The number of hydrogen-bond donors (Lipinski definition) is 1. The van der Waals surface area contributed by atoms with Gasteiger partial charge in [0.05, 0.1) is 6.54 Å². The summed E-state index contributed by atoms with van der Waals surface area (Å²) in [4.78, 5) is 16.1. The number of nitrogens with one attached hydrogen (secondary N) is 1. The summed E-state index contributed by atoms with van der Waals surface area (Å²) in [5, 5.41) is 2.84. The van der Waals surface area contributed by atoms with Gasteiger partial charge in [-0.1, -0.05) is 12.1 Å². The molecule has 1 aliphatic heterocycles. The van der Waals surface area contributed by atoms with Gasteiger partial charge in [0.2, 0.25) is 11.8 Å². The van der Waals surface area contributed by atoms with E-state index in [-0.39, 0.29) is 5.91 Å². The van der Waals surface area contributed by atoms with Crippen LogP contribution in [0.25, 0.3) is 11.1 Å². The molecule has 1 aliphatic rings. The Labute approximate surface area is 111 Å². The topological polar surface area (TPSA) is 64.4 Å². The lowest BCUT2D eigenvalue weighted by Crippen LogP contribution is -2.25. The van der Waals surface area contributed by atoms with Crippen molar-refractivity contribution in [1.29, 1.82) is 0 Å². The number of rotatable bonds is 4. The van der Waals surface area contributed by atoms with Crippen molar-refractivity contribution in [2.45, 2.75) is 19.4 Å². The molecule has 1 fully saturated rings. The van der Waals surface area contributed by atoms with Crippen LogP contribution >= 0.6 is 0 Å². The quantitative estimate of drug-likeness (QED) is 0.911. The maximum absolute atomic E-state index is 11.8. The van der Waals surface area contributed by atoms with Crippen LogP contribution in [0.4, 0.5) is 0 Å². The second kappa shape index (κ2) is 5.40. The average Bonchev–Trinajstić information content (AvgIpc) is 3.04. The maximum atomic E-state index is 11.8. The van der Waals surface area contributed by atoms with Gasteiger partial charge in [-0.05, 0) is 24.5 Å². The Morgan fingerprint density at radius 2 is 2.32 bits per heavy atom. The highest BCUT2D eigenvalue weighted by molar-refractivity contribution is 5.76. The van der Waals surface area contributed by atoms with Gasteiger partial charge < -0.3 is 14.5 Å². The molecular weight excluding hydrogens is 244 g/mol. The van der Waals surface area contributed by atoms with Crippen molar-refractivity contribution in [3.63, 3.8) is 0 Å². The summed E-state index contributed by atoms with van der Waals surface area (Å²) in [6, 6.07) is 7.56. The first-order valence-corrected chi connectivity index (χ1v) is 6.50. The van der Waals surface area contributed by atoms with Gasteiger partial charge in [0, 0.05) is 19.6 Å². The van der Waals surface area contributed by atoms with Crippen LogP contribution in [0.15, 0.2) is 28.7 Å². The summed E-state index contributed by atoms with van der Waals surface area (Å²) in [5.41, 5.74) is 1.56. The minimum Gasteiger partial charge on any atom is -0.439 e. The second-order valence-electron chi connectivity index (χ2n) is 4.79. The molecule has 1 aromatic carbocycles. The van der Waals surface area contributed by atoms with E-state index in [0.29, 0.717) is 31.4 Å². The molecule has 1 atom stereocenters. The summed E-state index contributed by atoms with van der Waals surface area (Å²) in [6.07, 6.45) is 1.48. The Morgan fingerprint density at radius 3 is 3.11 bits per heavy atom. The van der Waals surface area contributed by atoms with Gasteiger partial charge in [0.25, 0.3) is 0 Å². The molecule has 0 bridgehead atoms. The van der Waals surface area contributed by atoms with Gasteiger partial charge in [-0.3, -0.25) is 4.79 Å². The molecule has 2 heterocycles. The fourth-order valence-corrected chi connectivity index (χ4v) is 2.25. The fraction of sp³-hybridized carbons (Fsp3) is 0.429. The first kappa shape index (κ1) is 12.2. The number of carbonyl (C=O) groups is 1. The highest BCUT2D eigenvalue weighted by atomic mass is 16.5. The third-order valence-corrected chi connectivity index (χ3v) is 3.27. The molecule has 5 nitrogen and oxygen atoms in total. The lowest BCUT2D eigenvalue weighted by molar-refractivity contribution is -0.122. The van der Waals surface area contributed by atoms with Crippen LogP contribution in [0.1, 0.15) is 18.7 Å². The number of nitrogens with zero attached hydrogens (tertiary/aromatic N) is 1. The van der Waals surface area contributed by atoms with Crippen LogP contribution in [0.2, 0.25) is 0 Å². The van der Waals surface area contributed by atoms with Crippen LogP contribution in [-0.2, 0) is 16.1 Å². The molecule has 1 amide bonds. The van der Waals surface area contributed by atoms with Crippen molar-refractivity contribution in [1.82, 2.24) is 10.3 Å². The van der Waals surface area contributed by atoms with Crippen LogP contribution < -0.4 is 5.32 Å². The largest absolute Gasteiger partial charge is 0.439 e. The molecule has 3 rings (SSSR count). The van der Waals surface area contributed by atoms with Crippen molar-refractivity contribution in [3.05, 3.63) is 30.2 Å². The average molecular weight is 260 g/mol. The molecule has 0 saturated carbocycles. The first-order chi connectivity index (χ1) is 9.31. The van der Waals surface area contributed by atoms with Gasteiger partial charge >= 0.3 is 0 Å². The number of ether oxygens (including phenoxy) is 1. The molecule has 0 radical (unpaired) electrons. The minimum absolute atomic E-state index is 0.0257. The normalized spacial score (nSPS) is 18.8. The summed E-state index contributed by atoms with van der Waals surface area (Å²) < 4.78 is 10.8. The number of amides is 1. The van der Waals surface area contributed by atoms with E-state index in [4.69, 9.17) is 9.15 Å². The molecule has 1 saturated heterocycles. The van der Waals surface area contributed by atoms with Gasteiger partial charge in [-0.2, -0.15) is 0 Å². The van der Waals surface area contributed by atoms with Gasteiger partial charge in [-0.15, -0.1) is 0 Å². The molecule has 5 heteroatoms. The van der Waals surface area contributed by atoms with Crippen LogP contribution in [0.5, 0.6) is 0 Å². The summed E-state index contributed by atoms with van der Waals surface area (Å²) >= 11 is 0. The highest BCUT2D eigenvalue weighted by Crippen LogP contribution is 2.17. The SMILES string of the molecule is O=C(CC1CCOC1)NCc1nc2ccccc2o1. The Hall–Kier alpha value is -1.88. The Kier molecular flexibility index (Phi) is 3.46. The molecular formula is C14H16N2O3. The third-order valence-electron chi connectivity index (χ3n) is 3.27. The van der Waals surface area contributed by atoms with Crippen molar-refractivity contribution in [2.75, 3.05) is 13.2 Å². The van der Waals surface area contributed by atoms with E-state index in [0.717, 1.165) is 24.1 Å². The van der Waals surface area contributed by atoms with E-state index in [2.05, 4.69) is 10.3 Å². The number of hydrogen-bond acceptors (Lipinski definition) is 4. The summed E-state index contributed by atoms with van der Waals surface area (Å²) in [7, 11) is 0.